The number of aromatic nitrogens is 2. The molecule has 0 aliphatic rings. The van der Waals surface area contributed by atoms with E-state index in [1.807, 2.05) is 59.2 Å². The van der Waals surface area contributed by atoms with Crippen LogP contribution in [-0.4, -0.2) is 24.6 Å². The van der Waals surface area contributed by atoms with E-state index in [-0.39, 0.29) is 12.3 Å². The third kappa shape index (κ3) is 2.77. The number of rotatable bonds is 5. The summed E-state index contributed by atoms with van der Waals surface area (Å²) in [4.78, 5) is 12.7. The fourth-order valence-electron chi connectivity index (χ4n) is 2.76. The number of ketones is 1. The van der Waals surface area contributed by atoms with E-state index < -0.39 is 0 Å². The average Bonchev–Trinajstić information content (AvgIpc) is 2.98. The van der Waals surface area contributed by atoms with Crippen LogP contribution in [0, 0.1) is 0 Å². The van der Waals surface area contributed by atoms with E-state index in [9.17, 15) is 4.79 Å². The highest BCUT2D eigenvalue weighted by atomic mass is 16.5. The van der Waals surface area contributed by atoms with Crippen molar-refractivity contribution < 1.29 is 18.8 Å². The predicted molar refractivity (Wildman–Crippen MR) is 87.0 cm³/mol. The first-order chi connectivity index (χ1) is 11.1. The molecule has 5 heteroatoms. The zero-order valence-corrected chi connectivity index (χ0v) is 13.4. The van der Waals surface area contributed by atoms with Crippen LogP contribution in [0.3, 0.4) is 0 Å². The summed E-state index contributed by atoms with van der Waals surface area (Å²) in [6.07, 6.45) is 5.62. The Balaban J connectivity index is 2.10. The number of carbonyl (C=O) groups is 1. The molecule has 0 unspecified atom stereocenters. The first-order valence-corrected chi connectivity index (χ1v) is 7.32. The monoisotopic (exact) mass is 311 g/mol. The molecule has 5 nitrogen and oxygen atoms in total. The third-order valence-electron chi connectivity index (χ3n) is 3.83. The van der Waals surface area contributed by atoms with E-state index in [0.29, 0.717) is 17.1 Å². The second-order valence-corrected chi connectivity index (χ2v) is 5.38. The standard InChI is InChI=1S/C18H19N2O3/c1-19-8-9-20(12-19)11-16(21)15-10-17(22-2)13-6-4-5-7-14(13)18(15)23-3/h4-10,12H,11H2,1-3H3/q+1. The van der Waals surface area contributed by atoms with Gasteiger partial charge in [0.15, 0.2) is 6.54 Å². The van der Waals surface area contributed by atoms with Crippen molar-refractivity contribution in [3.63, 3.8) is 0 Å². The quantitative estimate of drug-likeness (QED) is 0.537. The highest BCUT2D eigenvalue weighted by Crippen LogP contribution is 2.36. The van der Waals surface area contributed by atoms with Gasteiger partial charge >= 0.3 is 0 Å². The minimum atomic E-state index is -0.0258. The van der Waals surface area contributed by atoms with Gasteiger partial charge in [0, 0.05) is 10.8 Å². The Morgan fingerprint density at radius 3 is 2.52 bits per heavy atom. The molecular weight excluding hydrogens is 292 g/mol. The van der Waals surface area contributed by atoms with Crippen LogP contribution in [0.1, 0.15) is 10.4 Å². The molecule has 2 aromatic carbocycles. The highest BCUT2D eigenvalue weighted by molar-refractivity contribution is 6.06. The number of imidazole rings is 1. The van der Waals surface area contributed by atoms with Gasteiger partial charge in [0.2, 0.25) is 12.1 Å². The van der Waals surface area contributed by atoms with Crippen molar-refractivity contribution >= 4 is 16.6 Å². The van der Waals surface area contributed by atoms with E-state index >= 15 is 0 Å². The first kappa shape index (κ1) is 15.1. The average molecular weight is 311 g/mol. The van der Waals surface area contributed by atoms with Gasteiger partial charge in [0.1, 0.15) is 23.9 Å². The molecule has 1 heterocycles. The third-order valence-corrected chi connectivity index (χ3v) is 3.83. The minimum absolute atomic E-state index is 0.0258. The summed E-state index contributed by atoms with van der Waals surface area (Å²) in [7, 11) is 5.11. The molecule has 3 aromatic rings. The molecule has 0 bridgehead atoms. The molecule has 0 aliphatic carbocycles. The molecule has 0 aliphatic heterocycles. The molecule has 0 spiro atoms. The molecule has 0 fully saturated rings. The Hall–Kier alpha value is -2.82. The van der Waals surface area contributed by atoms with Gasteiger partial charge < -0.3 is 9.47 Å². The van der Waals surface area contributed by atoms with Gasteiger partial charge in [-0.05, 0) is 6.07 Å². The van der Waals surface area contributed by atoms with Crippen molar-refractivity contribution in [2.75, 3.05) is 14.2 Å². The van der Waals surface area contributed by atoms with Gasteiger partial charge in [0.05, 0.1) is 26.8 Å². The summed E-state index contributed by atoms with van der Waals surface area (Å²) in [6, 6.07) is 9.50. The van der Waals surface area contributed by atoms with Crippen LogP contribution in [0.2, 0.25) is 0 Å². The van der Waals surface area contributed by atoms with Crippen LogP contribution in [0.15, 0.2) is 49.1 Å². The fraction of sp³-hybridized carbons (Fsp3) is 0.222. The molecule has 3 rings (SSSR count). The van der Waals surface area contributed by atoms with Crippen molar-refractivity contribution in [1.82, 2.24) is 4.57 Å². The van der Waals surface area contributed by atoms with Crippen LogP contribution in [-0.2, 0) is 13.6 Å². The summed E-state index contributed by atoms with van der Waals surface area (Å²) in [5.41, 5.74) is 0.527. The number of Topliss-reactive ketones (excluding diaryl/α,β-unsaturated/α-hetero) is 1. The van der Waals surface area contributed by atoms with Crippen molar-refractivity contribution in [3.8, 4) is 11.5 Å². The smallest absolute Gasteiger partial charge is 0.243 e. The van der Waals surface area contributed by atoms with Gasteiger partial charge in [-0.1, -0.05) is 24.3 Å². The summed E-state index contributed by atoms with van der Waals surface area (Å²) in [5.74, 6) is 1.23. The largest absolute Gasteiger partial charge is 0.496 e. The lowest BCUT2D eigenvalue weighted by molar-refractivity contribution is -0.671. The molecule has 0 atom stereocenters. The number of hydrogen-bond acceptors (Lipinski definition) is 3. The molecular formula is C18H19N2O3+. The lowest BCUT2D eigenvalue weighted by atomic mass is 10.0. The molecule has 0 N–H and O–H groups in total. The maximum atomic E-state index is 12.7. The first-order valence-electron chi connectivity index (χ1n) is 7.32. The zero-order valence-electron chi connectivity index (χ0n) is 13.4. The SMILES string of the molecule is COc1cc(C(=O)Cn2cc[n+](C)c2)c(OC)c2ccccc12. The second kappa shape index (κ2) is 6.12. The van der Waals surface area contributed by atoms with Crippen LogP contribution in [0.5, 0.6) is 11.5 Å². The number of ether oxygens (including phenoxy) is 2. The van der Waals surface area contributed by atoms with E-state index in [1.165, 1.54) is 0 Å². The van der Waals surface area contributed by atoms with Crippen molar-refractivity contribution in [2.24, 2.45) is 7.05 Å². The van der Waals surface area contributed by atoms with Crippen molar-refractivity contribution in [3.05, 3.63) is 54.6 Å². The molecule has 0 saturated carbocycles. The fourth-order valence-corrected chi connectivity index (χ4v) is 2.76. The summed E-state index contributed by atoms with van der Waals surface area (Å²) < 4.78 is 14.7. The molecule has 0 amide bonds. The van der Waals surface area contributed by atoms with Gasteiger partial charge in [-0.25, -0.2) is 9.13 Å². The lowest BCUT2D eigenvalue weighted by Gasteiger charge is -2.14. The van der Waals surface area contributed by atoms with Gasteiger partial charge in [-0.3, -0.25) is 4.79 Å². The molecule has 0 radical (unpaired) electrons. The second-order valence-electron chi connectivity index (χ2n) is 5.38. The number of nitrogens with zero attached hydrogens (tertiary/aromatic N) is 2. The van der Waals surface area contributed by atoms with Crippen LogP contribution >= 0.6 is 0 Å². The van der Waals surface area contributed by atoms with Crippen LogP contribution in [0.4, 0.5) is 0 Å². The Morgan fingerprint density at radius 1 is 1.17 bits per heavy atom. The maximum absolute atomic E-state index is 12.7. The molecule has 23 heavy (non-hydrogen) atoms. The number of benzene rings is 2. The molecule has 1 aromatic heterocycles. The minimum Gasteiger partial charge on any atom is -0.496 e. The van der Waals surface area contributed by atoms with Gasteiger partial charge in [-0.15, -0.1) is 0 Å². The Labute approximate surface area is 134 Å². The maximum Gasteiger partial charge on any atom is 0.243 e. The Morgan fingerprint density at radius 2 is 1.91 bits per heavy atom. The number of fused-ring (bicyclic) bond motifs is 1. The van der Waals surface area contributed by atoms with Gasteiger partial charge in [-0.2, -0.15) is 0 Å². The topological polar surface area (TPSA) is 44.3 Å². The van der Waals surface area contributed by atoms with E-state index in [0.717, 1.165) is 10.8 Å². The Kier molecular flexibility index (Phi) is 4.02. The van der Waals surface area contributed by atoms with Crippen LogP contribution in [0.25, 0.3) is 10.8 Å². The lowest BCUT2D eigenvalue weighted by Crippen LogP contribution is -2.24. The normalized spacial score (nSPS) is 10.7. The van der Waals surface area contributed by atoms with Crippen molar-refractivity contribution in [1.29, 1.82) is 0 Å². The van der Waals surface area contributed by atoms with Crippen LogP contribution < -0.4 is 14.0 Å². The van der Waals surface area contributed by atoms with Gasteiger partial charge in [0.25, 0.3) is 0 Å². The number of hydrogen-bond donors (Lipinski definition) is 0. The summed E-state index contributed by atoms with van der Waals surface area (Å²) in [5, 5.41) is 1.80. The van der Waals surface area contributed by atoms with Crippen molar-refractivity contribution in [2.45, 2.75) is 6.54 Å². The molecule has 0 saturated heterocycles. The van der Waals surface area contributed by atoms with E-state index in [4.69, 9.17) is 9.47 Å². The Bertz CT molecular complexity index is 868. The molecule has 118 valence electrons. The number of carbonyl (C=O) groups excluding carboxylic acids is 1. The van der Waals surface area contributed by atoms with E-state index in [2.05, 4.69) is 0 Å². The highest BCUT2D eigenvalue weighted by Gasteiger charge is 2.20. The zero-order chi connectivity index (χ0) is 16.4. The summed E-state index contributed by atoms with van der Waals surface area (Å²) >= 11 is 0. The predicted octanol–water partition coefficient (Wildman–Crippen LogP) is 2.37. The number of methoxy groups -OCH3 is 2. The summed E-state index contributed by atoms with van der Waals surface area (Å²) in [6.45, 7) is 0.249. The van der Waals surface area contributed by atoms with E-state index in [1.54, 1.807) is 20.3 Å². The number of aryl methyl sites for hydroxylation is 1.